The van der Waals surface area contributed by atoms with Crippen LogP contribution in [0.25, 0.3) is 11.1 Å². The van der Waals surface area contributed by atoms with E-state index in [1.54, 1.807) is 31.5 Å². The summed E-state index contributed by atoms with van der Waals surface area (Å²) in [5.74, 6) is 1.05. The summed E-state index contributed by atoms with van der Waals surface area (Å²) in [4.78, 5) is 25.3. The lowest BCUT2D eigenvalue weighted by atomic mass is 10.1. The van der Waals surface area contributed by atoms with E-state index in [1.807, 2.05) is 30.3 Å². The Hall–Kier alpha value is -3.81. The average molecular weight is 392 g/mol. The predicted molar refractivity (Wildman–Crippen MR) is 108 cm³/mol. The van der Waals surface area contributed by atoms with Gasteiger partial charge in [0.25, 0.3) is 0 Å². The highest BCUT2D eigenvalue weighted by Crippen LogP contribution is 2.38. The number of benzene rings is 2. The van der Waals surface area contributed by atoms with Crippen LogP contribution in [0.3, 0.4) is 0 Å². The maximum absolute atomic E-state index is 13.0. The monoisotopic (exact) mass is 392 g/mol. The molecule has 1 unspecified atom stereocenters. The molecule has 8 nitrogen and oxygen atoms in total. The molecule has 1 atom stereocenters. The number of anilines is 2. The van der Waals surface area contributed by atoms with Crippen LogP contribution in [0.15, 0.2) is 54.7 Å². The van der Waals surface area contributed by atoms with Gasteiger partial charge in [0.2, 0.25) is 11.8 Å². The summed E-state index contributed by atoms with van der Waals surface area (Å²) in [6, 6.07) is 13.8. The van der Waals surface area contributed by atoms with Gasteiger partial charge in [0, 0.05) is 11.1 Å². The van der Waals surface area contributed by atoms with E-state index in [0.717, 1.165) is 5.56 Å². The number of ether oxygens (including phenoxy) is 2. The quantitative estimate of drug-likeness (QED) is 0.696. The summed E-state index contributed by atoms with van der Waals surface area (Å²) >= 11 is 0. The van der Waals surface area contributed by atoms with Crippen molar-refractivity contribution in [3.05, 3.63) is 54.7 Å². The molecule has 29 heavy (non-hydrogen) atoms. The topological polar surface area (TPSA) is 94.5 Å². The van der Waals surface area contributed by atoms with Crippen LogP contribution in [-0.2, 0) is 9.59 Å². The van der Waals surface area contributed by atoms with Gasteiger partial charge in [0.05, 0.1) is 32.5 Å². The van der Waals surface area contributed by atoms with Crippen LogP contribution in [0, 0.1) is 0 Å². The first kappa shape index (κ1) is 18.5. The van der Waals surface area contributed by atoms with Gasteiger partial charge in [-0.1, -0.05) is 30.3 Å². The van der Waals surface area contributed by atoms with E-state index < -0.39 is 6.04 Å². The maximum Gasteiger partial charge on any atom is 0.249 e. The Kier molecular flexibility index (Phi) is 4.90. The van der Waals surface area contributed by atoms with Crippen LogP contribution in [0.2, 0.25) is 0 Å². The van der Waals surface area contributed by atoms with Crippen molar-refractivity contribution < 1.29 is 19.1 Å². The molecular formula is C21H20N4O4. The number of para-hydroxylation sites is 3. The zero-order valence-corrected chi connectivity index (χ0v) is 16.0. The normalized spacial score (nSPS) is 15.2. The number of rotatable bonds is 5. The lowest BCUT2D eigenvalue weighted by Crippen LogP contribution is -2.35. The summed E-state index contributed by atoms with van der Waals surface area (Å²) in [6.45, 7) is 0. The Bertz CT molecular complexity index is 1080. The molecule has 2 amide bonds. The van der Waals surface area contributed by atoms with Gasteiger partial charge in [-0.15, -0.1) is 0 Å². The Morgan fingerprint density at radius 2 is 1.76 bits per heavy atom. The smallest absolute Gasteiger partial charge is 0.249 e. The van der Waals surface area contributed by atoms with Crippen molar-refractivity contribution in [2.24, 2.45) is 0 Å². The van der Waals surface area contributed by atoms with E-state index in [0.29, 0.717) is 28.6 Å². The van der Waals surface area contributed by atoms with E-state index in [-0.39, 0.29) is 18.2 Å². The molecule has 4 rings (SSSR count). The summed E-state index contributed by atoms with van der Waals surface area (Å²) in [5.41, 5.74) is 2.00. The number of amides is 2. The van der Waals surface area contributed by atoms with E-state index in [1.165, 1.54) is 11.8 Å². The minimum absolute atomic E-state index is 0.0129. The fourth-order valence-corrected chi connectivity index (χ4v) is 3.40. The van der Waals surface area contributed by atoms with Gasteiger partial charge in [0.1, 0.15) is 23.4 Å². The van der Waals surface area contributed by atoms with Crippen molar-refractivity contribution in [2.45, 2.75) is 12.5 Å². The van der Waals surface area contributed by atoms with E-state index in [9.17, 15) is 9.59 Å². The molecule has 3 aromatic rings. The van der Waals surface area contributed by atoms with Crippen molar-refractivity contribution >= 4 is 23.3 Å². The molecule has 2 N–H and O–H groups in total. The van der Waals surface area contributed by atoms with Gasteiger partial charge in [-0.2, -0.15) is 5.10 Å². The highest BCUT2D eigenvalue weighted by molar-refractivity contribution is 6.03. The minimum Gasteiger partial charge on any atom is -0.496 e. The first-order chi connectivity index (χ1) is 14.1. The molecule has 0 saturated heterocycles. The van der Waals surface area contributed by atoms with E-state index in [4.69, 9.17) is 9.47 Å². The molecule has 1 aliphatic heterocycles. The van der Waals surface area contributed by atoms with Crippen LogP contribution in [0.1, 0.15) is 12.5 Å². The molecule has 0 fully saturated rings. The first-order valence-corrected chi connectivity index (χ1v) is 9.07. The fourth-order valence-electron chi connectivity index (χ4n) is 3.40. The van der Waals surface area contributed by atoms with Crippen LogP contribution in [0.4, 0.5) is 11.5 Å². The summed E-state index contributed by atoms with van der Waals surface area (Å²) in [7, 11) is 3.11. The molecule has 0 bridgehead atoms. The number of hydrogen-bond acceptors (Lipinski definition) is 5. The Morgan fingerprint density at radius 3 is 2.52 bits per heavy atom. The second-order valence-electron chi connectivity index (χ2n) is 6.51. The number of carbonyl (C=O) groups excluding carboxylic acids is 2. The lowest BCUT2D eigenvalue weighted by molar-refractivity contribution is -0.125. The predicted octanol–water partition coefficient (Wildman–Crippen LogP) is 3.09. The lowest BCUT2D eigenvalue weighted by Gasteiger charge is -2.25. The molecule has 1 aromatic heterocycles. The minimum atomic E-state index is -0.785. The molecule has 0 saturated carbocycles. The second-order valence-corrected chi connectivity index (χ2v) is 6.51. The molecule has 2 heterocycles. The largest absolute Gasteiger partial charge is 0.496 e. The van der Waals surface area contributed by atoms with E-state index in [2.05, 4.69) is 15.7 Å². The molecule has 0 aliphatic carbocycles. The van der Waals surface area contributed by atoms with Gasteiger partial charge in [0.15, 0.2) is 0 Å². The third-order valence-corrected chi connectivity index (χ3v) is 4.79. The van der Waals surface area contributed by atoms with Crippen LogP contribution < -0.4 is 20.1 Å². The highest BCUT2D eigenvalue weighted by atomic mass is 16.5. The van der Waals surface area contributed by atoms with Crippen molar-refractivity contribution in [1.82, 2.24) is 9.78 Å². The van der Waals surface area contributed by atoms with Crippen LogP contribution in [0.5, 0.6) is 11.5 Å². The third-order valence-electron chi connectivity index (χ3n) is 4.79. The summed E-state index contributed by atoms with van der Waals surface area (Å²) in [6.07, 6.45) is 1.61. The number of methoxy groups -OCH3 is 2. The maximum atomic E-state index is 13.0. The van der Waals surface area contributed by atoms with Gasteiger partial charge in [-0.3, -0.25) is 9.59 Å². The Morgan fingerprint density at radius 1 is 1.07 bits per heavy atom. The Balaban J connectivity index is 1.69. The van der Waals surface area contributed by atoms with Crippen LogP contribution in [-0.4, -0.2) is 35.8 Å². The molecule has 0 spiro atoms. The zero-order chi connectivity index (χ0) is 20.4. The van der Waals surface area contributed by atoms with Gasteiger partial charge in [-0.05, 0) is 18.2 Å². The van der Waals surface area contributed by atoms with E-state index >= 15 is 0 Å². The third kappa shape index (κ3) is 3.40. The molecular weight excluding hydrogens is 372 g/mol. The molecule has 1 aliphatic rings. The number of aromatic nitrogens is 2. The van der Waals surface area contributed by atoms with Crippen molar-refractivity contribution in [3.8, 4) is 22.6 Å². The second kappa shape index (κ2) is 7.67. The number of fused-ring (bicyclic) bond motifs is 1. The van der Waals surface area contributed by atoms with Crippen molar-refractivity contribution in [3.63, 3.8) is 0 Å². The number of nitrogens with one attached hydrogen (secondary N) is 2. The Labute approximate surface area is 167 Å². The van der Waals surface area contributed by atoms with Crippen molar-refractivity contribution in [1.29, 1.82) is 0 Å². The van der Waals surface area contributed by atoms with Gasteiger partial charge in [-0.25, -0.2) is 4.68 Å². The van der Waals surface area contributed by atoms with Crippen molar-refractivity contribution in [2.75, 3.05) is 24.9 Å². The number of nitrogens with zero attached hydrogens (tertiary/aromatic N) is 2. The SMILES string of the molecule is COc1ccccc1NC(=O)C1CC(=O)Nc2c(-c3ccccc3OC)cnn21. The fraction of sp³-hybridized carbons (Fsp3) is 0.190. The summed E-state index contributed by atoms with van der Waals surface area (Å²) < 4.78 is 12.2. The number of carbonyl (C=O) groups is 2. The van der Waals surface area contributed by atoms with Gasteiger partial charge < -0.3 is 20.1 Å². The average Bonchev–Trinajstić information content (AvgIpc) is 3.16. The van der Waals surface area contributed by atoms with Crippen LogP contribution >= 0.6 is 0 Å². The zero-order valence-electron chi connectivity index (χ0n) is 16.0. The molecule has 8 heteroatoms. The number of hydrogen-bond donors (Lipinski definition) is 2. The summed E-state index contributed by atoms with van der Waals surface area (Å²) in [5, 5.41) is 10.0. The standard InChI is InChI=1S/C21H20N4O4/c1-28-17-9-5-3-7-13(17)14-12-22-25-16(11-19(26)24-20(14)25)21(27)23-15-8-4-6-10-18(15)29-2/h3-10,12,16H,11H2,1-2H3,(H,23,27)(H,24,26). The molecule has 148 valence electrons. The highest BCUT2D eigenvalue weighted by Gasteiger charge is 2.34. The van der Waals surface area contributed by atoms with Gasteiger partial charge >= 0.3 is 0 Å². The molecule has 0 radical (unpaired) electrons. The molecule has 2 aromatic carbocycles. The first-order valence-electron chi connectivity index (χ1n) is 9.07.